The van der Waals surface area contributed by atoms with Crippen molar-refractivity contribution in [2.45, 2.75) is 6.42 Å². The summed E-state index contributed by atoms with van der Waals surface area (Å²) in [5.74, 6) is -1.43. The number of nitrogens with one attached hydrogen (secondary N) is 3. The predicted molar refractivity (Wildman–Crippen MR) is 136 cm³/mol. The number of carbonyl (C=O) groups is 2. The second-order valence-corrected chi connectivity index (χ2v) is 8.76. The molecule has 0 fully saturated rings. The van der Waals surface area contributed by atoms with Crippen molar-refractivity contribution in [2.24, 2.45) is 0 Å². The monoisotopic (exact) mass is 477 g/mol. The molecular formula is C25H20FN3O2S2. The summed E-state index contributed by atoms with van der Waals surface area (Å²) in [6.45, 7) is 0.354. The molecule has 0 aliphatic carbocycles. The van der Waals surface area contributed by atoms with Crippen LogP contribution in [0.15, 0.2) is 78.9 Å². The number of hydrogen-bond donors (Lipinski definition) is 3. The number of halogens is 1. The Morgan fingerprint density at radius 1 is 0.879 bits per heavy atom. The van der Waals surface area contributed by atoms with Crippen LogP contribution in [0.25, 0.3) is 10.1 Å². The van der Waals surface area contributed by atoms with E-state index in [1.165, 1.54) is 23.5 Å². The van der Waals surface area contributed by atoms with Crippen molar-refractivity contribution in [3.63, 3.8) is 0 Å². The number of thiocarbonyl (C=S) groups is 1. The average Bonchev–Trinajstić information content (AvgIpc) is 3.25. The molecule has 8 heteroatoms. The molecule has 0 unspecified atom stereocenters. The fraction of sp³-hybridized carbons (Fsp3) is 0.0800. The lowest BCUT2D eigenvalue weighted by Gasteiger charge is -2.11. The Morgan fingerprint density at radius 2 is 1.52 bits per heavy atom. The zero-order valence-electron chi connectivity index (χ0n) is 17.4. The minimum Gasteiger partial charge on any atom is -0.349 e. The van der Waals surface area contributed by atoms with Crippen LogP contribution in [0.3, 0.4) is 0 Å². The molecule has 5 nitrogen and oxygen atoms in total. The molecule has 4 aromatic rings. The zero-order chi connectivity index (χ0) is 23.2. The summed E-state index contributed by atoms with van der Waals surface area (Å²) in [4.78, 5) is 25.1. The molecule has 0 radical (unpaired) electrons. The first-order chi connectivity index (χ1) is 16.0. The molecule has 0 bridgehead atoms. The number of hydrogen-bond acceptors (Lipinski definition) is 4. The lowest BCUT2D eigenvalue weighted by Crippen LogP contribution is -2.32. The van der Waals surface area contributed by atoms with E-state index >= 15 is 0 Å². The largest absolute Gasteiger partial charge is 0.349 e. The number of benzene rings is 3. The van der Waals surface area contributed by atoms with E-state index in [1.54, 1.807) is 18.2 Å². The van der Waals surface area contributed by atoms with Crippen LogP contribution >= 0.6 is 23.6 Å². The summed E-state index contributed by atoms with van der Waals surface area (Å²) >= 11 is 6.59. The van der Waals surface area contributed by atoms with Crippen LogP contribution in [-0.2, 0) is 11.2 Å². The minimum absolute atomic E-state index is 0.310. The molecule has 0 spiro atoms. The van der Waals surface area contributed by atoms with Gasteiger partial charge >= 0.3 is 0 Å². The number of Topliss-reactive ketones (excluding diaryl/α,β-unsaturated/α-hetero) is 1. The van der Waals surface area contributed by atoms with Crippen molar-refractivity contribution >= 4 is 61.8 Å². The highest BCUT2D eigenvalue weighted by Gasteiger charge is 2.18. The first-order valence-corrected chi connectivity index (χ1v) is 11.4. The molecular weight excluding hydrogens is 457 g/mol. The quantitative estimate of drug-likeness (QED) is 0.189. The average molecular weight is 478 g/mol. The van der Waals surface area contributed by atoms with Gasteiger partial charge in [0.15, 0.2) is 5.11 Å². The lowest BCUT2D eigenvalue weighted by atomic mass is 10.1. The predicted octanol–water partition coefficient (Wildman–Crippen LogP) is 5.39. The Morgan fingerprint density at radius 3 is 2.18 bits per heavy atom. The SMILES string of the molecule is O=C(NCCc1ccc(NC(=S)Nc2ccc(F)cc2)cc1)C(=O)c1cc2ccccc2s1. The fourth-order valence-corrected chi connectivity index (χ4v) is 4.42. The number of rotatable bonds is 7. The van der Waals surface area contributed by atoms with Gasteiger partial charge in [-0.3, -0.25) is 9.59 Å². The van der Waals surface area contributed by atoms with E-state index in [4.69, 9.17) is 12.2 Å². The highest BCUT2D eigenvalue weighted by molar-refractivity contribution is 7.80. The summed E-state index contributed by atoms with van der Waals surface area (Å²) in [5, 5.41) is 10.1. The smallest absolute Gasteiger partial charge is 0.293 e. The highest BCUT2D eigenvalue weighted by Crippen LogP contribution is 2.25. The van der Waals surface area contributed by atoms with Gasteiger partial charge in [0.25, 0.3) is 11.7 Å². The maximum Gasteiger partial charge on any atom is 0.293 e. The van der Waals surface area contributed by atoms with E-state index in [-0.39, 0.29) is 5.82 Å². The third-order valence-corrected chi connectivity index (χ3v) is 6.19. The van der Waals surface area contributed by atoms with Gasteiger partial charge < -0.3 is 16.0 Å². The van der Waals surface area contributed by atoms with E-state index in [0.29, 0.717) is 28.6 Å². The summed E-state index contributed by atoms with van der Waals surface area (Å²) in [6, 6.07) is 22.9. The Balaban J connectivity index is 1.24. The second-order valence-electron chi connectivity index (χ2n) is 7.27. The summed E-state index contributed by atoms with van der Waals surface area (Å²) in [7, 11) is 0. The van der Waals surface area contributed by atoms with E-state index < -0.39 is 11.7 Å². The van der Waals surface area contributed by atoms with Gasteiger partial charge in [0.1, 0.15) is 5.82 Å². The number of ketones is 1. The van der Waals surface area contributed by atoms with Crippen LogP contribution in [0.2, 0.25) is 0 Å². The van der Waals surface area contributed by atoms with Gasteiger partial charge in [-0.1, -0.05) is 30.3 Å². The summed E-state index contributed by atoms with van der Waals surface area (Å²) in [6.07, 6.45) is 0.587. The first kappa shape index (κ1) is 22.6. The van der Waals surface area contributed by atoms with Crippen molar-refractivity contribution < 1.29 is 14.0 Å². The molecule has 3 aromatic carbocycles. The summed E-state index contributed by atoms with van der Waals surface area (Å²) in [5.41, 5.74) is 2.49. The van der Waals surface area contributed by atoms with Gasteiger partial charge in [-0.05, 0) is 78.1 Å². The Bertz CT molecular complexity index is 1270. The Kier molecular flexibility index (Phi) is 7.07. The lowest BCUT2D eigenvalue weighted by molar-refractivity contribution is -0.116. The zero-order valence-corrected chi connectivity index (χ0v) is 19.1. The van der Waals surface area contributed by atoms with Crippen LogP contribution in [0.5, 0.6) is 0 Å². The molecule has 0 saturated heterocycles. The van der Waals surface area contributed by atoms with Crippen molar-refractivity contribution in [3.05, 3.63) is 95.1 Å². The molecule has 1 aromatic heterocycles. The van der Waals surface area contributed by atoms with Gasteiger partial charge in [0, 0.05) is 22.6 Å². The molecule has 1 heterocycles. The first-order valence-electron chi connectivity index (χ1n) is 10.2. The number of fused-ring (bicyclic) bond motifs is 1. The van der Waals surface area contributed by atoms with Crippen molar-refractivity contribution in [2.75, 3.05) is 17.2 Å². The standard InChI is InChI=1S/C25H20FN3O2S2/c26-18-7-11-20(12-8-18)29-25(32)28-19-9-5-16(6-10-19)13-14-27-24(31)23(30)22-15-17-3-1-2-4-21(17)33-22/h1-12,15H,13-14H2,(H,27,31)(H2,28,29,32). The Hall–Kier alpha value is -3.62. The van der Waals surface area contributed by atoms with Crippen LogP contribution in [0.4, 0.5) is 15.8 Å². The molecule has 166 valence electrons. The maximum atomic E-state index is 13.0. The van der Waals surface area contributed by atoms with Crippen LogP contribution in [-0.4, -0.2) is 23.3 Å². The third-order valence-electron chi connectivity index (χ3n) is 4.87. The van der Waals surface area contributed by atoms with Gasteiger partial charge in [-0.15, -0.1) is 11.3 Å². The van der Waals surface area contributed by atoms with Gasteiger partial charge in [-0.25, -0.2) is 4.39 Å². The molecule has 0 aliphatic heterocycles. The van der Waals surface area contributed by atoms with Gasteiger partial charge in [0.2, 0.25) is 0 Å². The molecule has 33 heavy (non-hydrogen) atoms. The minimum atomic E-state index is -0.600. The molecule has 1 amide bonds. The second kappa shape index (κ2) is 10.3. The van der Waals surface area contributed by atoms with E-state index in [1.807, 2.05) is 48.5 Å². The van der Waals surface area contributed by atoms with E-state index in [0.717, 1.165) is 21.3 Å². The molecule has 3 N–H and O–H groups in total. The van der Waals surface area contributed by atoms with Gasteiger partial charge in [0.05, 0.1) is 4.88 Å². The number of amides is 1. The number of thiophene rings is 1. The van der Waals surface area contributed by atoms with Crippen molar-refractivity contribution in [1.29, 1.82) is 0 Å². The van der Waals surface area contributed by atoms with Gasteiger partial charge in [-0.2, -0.15) is 0 Å². The maximum absolute atomic E-state index is 13.0. The van der Waals surface area contributed by atoms with Crippen LogP contribution < -0.4 is 16.0 Å². The van der Waals surface area contributed by atoms with Crippen LogP contribution in [0.1, 0.15) is 15.2 Å². The third kappa shape index (κ3) is 6.00. The van der Waals surface area contributed by atoms with E-state index in [9.17, 15) is 14.0 Å². The normalized spacial score (nSPS) is 10.6. The van der Waals surface area contributed by atoms with Crippen molar-refractivity contribution in [1.82, 2.24) is 5.32 Å². The summed E-state index contributed by atoms with van der Waals surface area (Å²) < 4.78 is 14.0. The molecule has 0 atom stereocenters. The van der Waals surface area contributed by atoms with E-state index in [2.05, 4.69) is 16.0 Å². The topological polar surface area (TPSA) is 70.2 Å². The number of carbonyl (C=O) groups excluding carboxylic acids is 2. The molecule has 4 rings (SSSR count). The fourth-order valence-electron chi connectivity index (χ4n) is 3.19. The van der Waals surface area contributed by atoms with Crippen LogP contribution in [0, 0.1) is 5.82 Å². The number of anilines is 2. The highest BCUT2D eigenvalue weighted by atomic mass is 32.1. The Labute approximate surface area is 199 Å². The molecule has 0 saturated carbocycles. The molecule has 0 aliphatic rings. The van der Waals surface area contributed by atoms with Crippen molar-refractivity contribution in [3.8, 4) is 0 Å².